The number of ether oxygens (including phenoxy) is 2. The highest BCUT2D eigenvalue weighted by Gasteiger charge is 2.28. The highest BCUT2D eigenvalue weighted by atomic mass is 16.6. The molecule has 2 amide bonds. The number of methoxy groups -OCH3 is 1. The van der Waals surface area contributed by atoms with Crippen LogP contribution in [0.1, 0.15) is 33.6 Å². The van der Waals surface area contributed by atoms with Gasteiger partial charge in [-0.3, -0.25) is 9.80 Å². The van der Waals surface area contributed by atoms with E-state index >= 15 is 0 Å². The molecule has 0 bridgehead atoms. The maximum absolute atomic E-state index is 12.3. The Bertz CT molecular complexity index is 335. The topological polar surface area (TPSA) is 79.9 Å². The van der Waals surface area contributed by atoms with Gasteiger partial charge in [-0.15, -0.1) is 0 Å². The molecule has 0 radical (unpaired) electrons. The molecule has 0 aromatic heterocycles. The maximum atomic E-state index is 12.3. The predicted octanol–water partition coefficient (Wildman–Crippen LogP) is 0.653. The van der Waals surface area contributed by atoms with Crippen LogP contribution in [-0.4, -0.2) is 55.5 Å². The Morgan fingerprint density at radius 3 is 2.55 bits per heavy atom. The Hall–Kier alpha value is -1.34. The Kier molecular flexibility index (Phi) is 6.22. The van der Waals surface area contributed by atoms with Crippen LogP contribution in [0.25, 0.3) is 0 Å². The van der Waals surface area contributed by atoms with Gasteiger partial charge in [-0.2, -0.15) is 0 Å². The van der Waals surface area contributed by atoms with E-state index in [1.807, 2.05) is 0 Å². The van der Waals surface area contributed by atoms with Gasteiger partial charge < -0.3 is 14.8 Å². The zero-order valence-electron chi connectivity index (χ0n) is 12.7. The van der Waals surface area contributed by atoms with E-state index in [9.17, 15) is 9.59 Å². The molecule has 1 unspecified atom stereocenters. The lowest BCUT2D eigenvalue weighted by Gasteiger charge is -2.31. The van der Waals surface area contributed by atoms with Crippen molar-refractivity contribution in [1.29, 1.82) is 0 Å². The molecule has 7 nitrogen and oxygen atoms in total. The predicted molar refractivity (Wildman–Crippen MR) is 74.0 cm³/mol. The van der Waals surface area contributed by atoms with Crippen molar-refractivity contribution >= 4 is 12.0 Å². The third kappa shape index (κ3) is 5.75. The van der Waals surface area contributed by atoms with Gasteiger partial charge in [0.25, 0.3) is 5.91 Å². The number of hydrogen-bond donors (Lipinski definition) is 2. The Balaban J connectivity index is 2.58. The monoisotopic (exact) mass is 287 g/mol. The highest BCUT2D eigenvalue weighted by molar-refractivity contribution is 5.85. The minimum Gasteiger partial charge on any atom is -0.444 e. The van der Waals surface area contributed by atoms with E-state index in [4.69, 9.17) is 9.47 Å². The van der Waals surface area contributed by atoms with Crippen molar-refractivity contribution in [3.8, 4) is 0 Å². The number of hydrazine groups is 1. The van der Waals surface area contributed by atoms with E-state index < -0.39 is 17.7 Å². The van der Waals surface area contributed by atoms with Crippen molar-refractivity contribution in [2.24, 2.45) is 0 Å². The fourth-order valence-corrected chi connectivity index (χ4v) is 1.86. The van der Waals surface area contributed by atoms with E-state index in [0.29, 0.717) is 6.54 Å². The summed E-state index contributed by atoms with van der Waals surface area (Å²) >= 11 is 0. The quantitative estimate of drug-likeness (QED) is 0.794. The van der Waals surface area contributed by atoms with Gasteiger partial charge in [0.15, 0.2) is 0 Å². The molecule has 1 saturated heterocycles. The average Bonchev–Trinajstić information content (AvgIpc) is 2.36. The molecule has 1 aliphatic rings. The van der Waals surface area contributed by atoms with E-state index in [0.717, 1.165) is 19.4 Å². The largest absolute Gasteiger partial charge is 0.444 e. The fraction of sp³-hybridized carbons (Fsp3) is 0.846. The number of alkyl carbamates (subject to hydrolysis) is 1. The maximum Gasteiger partial charge on any atom is 0.408 e. The third-order valence-electron chi connectivity index (χ3n) is 2.70. The summed E-state index contributed by atoms with van der Waals surface area (Å²) in [6, 6.07) is -0.750. The van der Waals surface area contributed by atoms with Gasteiger partial charge >= 0.3 is 6.09 Å². The first-order valence-electron chi connectivity index (χ1n) is 6.87. The second-order valence-corrected chi connectivity index (χ2v) is 5.76. The molecule has 1 fully saturated rings. The minimum absolute atomic E-state index is 0.107. The number of amides is 2. The van der Waals surface area contributed by atoms with Crippen LogP contribution < -0.4 is 10.7 Å². The minimum atomic E-state index is -0.750. The second-order valence-electron chi connectivity index (χ2n) is 5.76. The van der Waals surface area contributed by atoms with Crippen LogP contribution in [-0.2, 0) is 14.3 Å². The van der Waals surface area contributed by atoms with Crippen molar-refractivity contribution in [2.45, 2.75) is 45.3 Å². The number of carbonyl (C=O) groups is 2. The van der Waals surface area contributed by atoms with Crippen LogP contribution in [0.3, 0.4) is 0 Å². The molecule has 0 aromatic carbocycles. The molecule has 1 heterocycles. The normalized spacial score (nSPS) is 17.5. The molecule has 1 aliphatic heterocycles. The van der Waals surface area contributed by atoms with Crippen molar-refractivity contribution in [1.82, 2.24) is 15.8 Å². The second kappa shape index (κ2) is 7.44. The highest BCUT2D eigenvalue weighted by Crippen LogP contribution is 2.08. The van der Waals surface area contributed by atoms with Crippen molar-refractivity contribution in [2.75, 3.05) is 26.8 Å². The number of nitrogens with zero attached hydrogens (tertiary/aromatic N) is 1. The number of hydrogen-bond acceptors (Lipinski definition) is 5. The molecule has 20 heavy (non-hydrogen) atoms. The molecular formula is C13H25N3O4. The van der Waals surface area contributed by atoms with Gasteiger partial charge in [0.05, 0.1) is 6.61 Å². The zero-order valence-corrected chi connectivity index (χ0v) is 12.7. The van der Waals surface area contributed by atoms with E-state index in [1.165, 1.54) is 12.1 Å². The van der Waals surface area contributed by atoms with Gasteiger partial charge in [0.1, 0.15) is 11.6 Å². The average molecular weight is 287 g/mol. The van der Waals surface area contributed by atoms with Crippen LogP contribution >= 0.6 is 0 Å². The SMILES string of the molecule is COCC(NC(=O)OC(C)(C)C)C(=O)N1CCCCN1. The summed E-state index contributed by atoms with van der Waals surface area (Å²) in [6.07, 6.45) is 1.37. The summed E-state index contributed by atoms with van der Waals surface area (Å²) in [4.78, 5) is 24.1. The third-order valence-corrected chi connectivity index (χ3v) is 2.70. The zero-order chi connectivity index (χ0) is 15.2. The first-order chi connectivity index (χ1) is 9.33. The summed E-state index contributed by atoms with van der Waals surface area (Å²) in [5.41, 5.74) is 2.41. The lowest BCUT2D eigenvalue weighted by Crippen LogP contribution is -2.57. The van der Waals surface area contributed by atoms with Gasteiger partial charge in [-0.05, 0) is 33.6 Å². The standard InChI is InChI=1S/C13H25N3O4/c1-13(2,3)20-12(18)15-10(9-19-4)11(17)16-8-6-5-7-14-16/h10,14H,5-9H2,1-4H3,(H,15,18). The lowest BCUT2D eigenvalue weighted by molar-refractivity contribution is -0.139. The van der Waals surface area contributed by atoms with Crippen LogP contribution in [0.5, 0.6) is 0 Å². The molecule has 0 spiro atoms. The van der Waals surface area contributed by atoms with Gasteiger partial charge in [0.2, 0.25) is 0 Å². The van der Waals surface area contributed by atoms with Gasteiger partial charge in [-0.25, -0.2) is 10.2 Å². The van der Waals surface area contributed by atoms with Gasteiger partial charge in [-0.1, -0.05) is 0 Å². The fourth-order valence-electron chi connectivity index (χ4n) is 1.86. The molecule has 7 heteroatoms. The molecule has 2 N–H and O–H groups in total. The lowest BCUT2D eigenvalue weighted by atomic mass is 10.2. The first kappa shape index (κ1) is 16.7. The van der Waals surface area contributed by atoms with Crippen molar-refractivity contribution in [3.63, 3.8) is 0 Å². The first-order valence-corrected chi connectivity index (χ1v) is 6.87. The number of rotatable bonds is 4. The summed E-state index contributed by atoms with van der Waals surface area (Å²) in [6.45, 7) is 6.81. The van der Waals surface area contributed by atoms with Gasteiger partial charge in [0, 0.05) is 20.2 Å². The van der Waals surface area contributed by atoms with Crippen LogP contribution in [0, 0.1) is 0 Å². The molecule has 0 aromatic rings. The van der Waals surface area contributed by atoms with Crippen LogP contribution in [0.2, 0.25) is 0 Å². The summed E-state index contributed by atoms with van der Waals surface area (Å²) in [5.74, 6) is -0.211. The molecule has 0 aliphatic carbocycles. The Labute approximate surface area is 119 Å². The van der Waals surface area contributed by atoms with Crippen molar-refractivity contribution < 1.29 is 19.1 Å². The smallest absolute Gasteiger partial charge is 0.408 e. The molecule has 0 saturated carbocycles. The van der Waals surface area contributed by atoms with Crippen LogP contribution in [0.15, 0.2) is 0 Å². The Morgan fingerprint density at radius 1 is 1.35 bits per heavy atom. The summed E-state index contributed by atoms with van der Waals surface area (Å²) < 4.78 is 10.2. The number of nitrogens with one attached hydrogen (secondary N) is 2. The summed E-state index contributed by atoms with van der Waals surface area (Å²) in [5, 5.41) is 4.09. The molecule has 116 valence electrons. The van der Waals surface area contributed by atoms with E-state index in [1.54, 1.807) is 20.8 Å². The molecular weight excluding hydrogens is 262 g/mol. The van der Waals surface area contributed by atoms with Crippen molar-refractivity contribution in [3.05, 3.63) is 0 Å². The number of carbonyl (C=O) groups excluding carboxylic acids is 2. The molecule has 1 rings (SSSR count). The van der Waals surface area contributed by atoms with E-state index in [-0.39, 0.29) is 12.5 Å². The Morgan fingerprint density at radius 2 is 2.05 bits per heavy atom. The molecule has 1 atom stereocenters. The summed E-state index contributed by atoms with van der Waals surface area (Å²) in [7, 11) is 1.49. The van der Waals surface area contributed by atoms with Crippen LogP contribution in [0.4, 0.5) is 4.79 Å². The van der Waals surface area contributed by atoms with E-state index in [2.05, 4.69) is 10.7 Å².